The van der Waals surface area contributed by atoms with E-state index in [4.69, 9.17) is 9.88 Å². The Bertz CT molecular complexity index is 1130. The van der Waals surface area contributed by atoms with Crippen molar-refractivity contribution < 1.29 is 17.9 Å². The molecular weight excluding hydrogens is 388 g/mol. The molecule has 152 valence electrons. The van der Waals surface area contributed by atoms with Crippen molar-refractivity contribution in [1.82, 2.24) is 5.32 Å². The molecule has 0 aliphatic rings. The lowest BCUT2D eigenvalue weighted by Gasteiger charge is -2.14. The Morgan fingerprint density at radius 1 is 1.00 bits per heavy atom. The van der Waals surface area contributed by atoms with Crippen molar-refractivity contribution >= 4 is 26.7 Å². The van der Waals surface area contributed by atoms with Crippen LogP contribution >= 0.6 is 0 Å². The molecule has 6 nitrogen and oxygen atoms in total. The summed E-state index contributed by atoms with van der Waals surface area (Å²) in [6.07, 6.45) is 0. The maximum Gasteiger partial charge on any atom is 0.227 e. The summed E-state index contributed by atoms with van der Waals surface area (Å²) in [5, 5.41) is 10.1. The summed E-state index contributed by atoms with van der Waals surface area (Å²) in [6, 6.07) is 18.8. The van der Waals surface area contributed by atoms with Gasteiger partial charge >= 0.3 is 0 Å². The number of amides is 1. The van der Waals surface area contributed by atoms with E-state index in [0.29, 0.717) is 12.1 Å². The number of nitrogens with two attached hydrogens (primary N) is 1. The molecule has 0 bridgehead atoms. The van der Waals surface area contributed by atoms with Crippen LogP contribution in [0.1, 0.15) is 29.5 Å². The van der Waals surface area contributed by atoms with E-state index in [1.807, 2.05) is 43.3 Å². The molecule has 0 heterocycles. The van der Waals surface area contributed by atoms with Crippen molar-refractivity contribution in [2.45, 2.75) is 25.1 Å². The van der Waals surface area contributed by atoms with E-state index in [1.54, 1.807) is 31.4 Å². The van der Waals surface area contributed by atoms with E-state index < -0.39 is 10.0 Å². The number of rotatable bonds is 7. The van der Waals surface area contributed by atoms with E-state index >= 15 is 0 Å². The largest absolute Gasteiger partial charge is 0.497 e. The highest BCUT2D eigenvalue weighted by atomic mass is 32.2. The average molecular weight is 413 g/mol. The summed E-state index contributed by atoms with van der Waals surface area (Å²) < 4.78 is 27.5. The van der Waals surface area contributed by atoms with Gasteiger partial charge in [0.2, 0.25) is 15.9 Å². The Morgan fingerprint density at radius 2 is 1.62 bits per heavy atom. The van der Waals surface area contributed by atoms with Gasteiger partial charge in [0.25, 0.3) is 0 Å². The Kier molecular flexibility index (Phi) is 6.20. The number of hydrogen-bond donors (Lipinski definition) is 2. The Hall–Kier alpha value is -2.90. The minimum absolute atomic E-state index is 0.0773. The number of primary sulfonamides is 1. The number of carbonyl (C=O) groups is 1. The van der Waals surface area contributed by atoms with Gasteiger partial charge in [-0.2, -0.15) is 0 Å². The molecule has 0 aromatic heterocycles. The second kappa shape index (κ2) is 8.63. The van der Waals surface area contributed by atoms with Crippen LogP contribution in [0.15, 0.2) is 60.7 Å². The third-order valence-corrected chi connectivity index (χ3v) is 5.56. The highest BCUT2D eigenvalue weighted by molar-refractivity contribution is 7.88. The predicted molar refractivity (Wildman–Crippen MR) is 114 cm³/mol. The zero-order chi connectivity index (χ0) is 21.0. The van der Waals surface area contributed by atoms with Gasteiger partial charge < -0.3 is 10.1 Å². The molecule has 3 aromatic carbocycles. The van der Waals surface area contributed by atoms with Gasteiger partial charge in [-0.05, 0) is 46.5 Å². The van der Waals surface area contributed by atoms with E-state index in [0.717, 1.165) is 27.6 Å². The fourth-order valence-electron chi connectivity index (χ4n) is 3.12. The van der Waals surface area contributed by atoms with Crippen LogP contribution in [0.4, 0.5) is 0 Å². The lowest BCUT2D eigenvalue weighted by atomic mass is 9.97. The maximum absolute atomic E-state index is 12.6. The van der Waals surface area contributed by atoms with Gasteiger partial charge in [-0.3, -0.25) is 4.79 Å². The van der Waals surface area contributed by atoms with E-state index in [-0.39, 0.29) is 17.6 Å². The molecule has 3 rings (SSSR count). The van der Waals surface area contributed by atoms with E-state index in [2.05, 4.69) is 5.32 Å². The standard InChI is InChI=1S/C22H24N2O4S/c1-15(18-7-8-20-12-21(28-2)10-9-19(20)11-18)22(25)24-13-16-3-5-17(6-4-16)14-29(23,26)27/h3-12,15H,13-14H2,1-2H3,(H,24,25)(H2,23,26,27). The predicted octanol–water partition coefficient (Wildman–Crippen LogP) is 3.06. The lowest BCUT2D eigenvalue weighted by molar-refractivity contribution is -0.122. The second-order valence-corrected chi connectivity index (χ2v) is 8.65. The summed E-state index contributed by atoms with van der Waals surface area (Å²) in [4.78, 5) is 12.6. The topological polar surface area (TPSA) is 98.5 Å². The van der Waals surface area contributed by atoms with Crippen molar-refractivity contribution in [2.24, 2.45) is 5.14 Å². The van der Waals surface area contributed by atoms with Crippen molar-refractivity contribution in [2.75, 3.05) is 7.11 Å². The molecule has 3 N–H and O–H groups in total. The molecule has 0 aliphatic carbocycles. The molecule has 0 saturated carbocycles. The minimum Gasteiger partial charge on any atom is -0.497 e. The first-order valence-electron chi connectivity index (χ1n) is 9.19. The average Bonchev–Trinajstić information content (AvgIpc) is 2.70. The molecule has 1 unspecified atom stereocenters. The molecule has 1 atom stereocenters. The van der Waals surface area contributed by atoms with Crippen LogP contribution in [0.5, 0.6) is 5.75 Å². The summed E-state index contributed by atoms with van der Waals surface area (Å²) in [7, 11) is -1.92. The highest BCUT2D eigenvalue weighted by Crippen LogP contribution is 2.25. The molecule has 0 spiro atoms. The van der Waals surface area contributed by atoms with Crippen LogP contribution in [-0.2, 0) is 27.1 Å². The summed E-state index contributed by atoms with van der Waals surface area (Å²) in [5.74, 6) is 0.214. The monoisotopic (exact) mass is 412 g/mol. The number of ether oxygens (including phenoxy) is 1. The molecule has 7 heteroatoms. The molecular formula is C22H24N2O4S. The number of hydrogen-bond acceptors (Lipinski definition) is 4. The zero-order valence-electron chi connectivity index (χ0n) is 16.4. The van der Waals surface area contributed by atoms with Crippen LogP contribution in [0.3, 0.4) is 0 Å². The van der Waals surface area contributed by atoms with Crippen LogP contribution in [-0.4, -0.2) is 21.4 Å². The number of methoxy groups -OCH3 is 1. The molecule has 29 heavy (non-hydrogen) atoms. The third-order valence-electron chi connectivity index (χ3n) is 4.82. The first-order valence-corrected chi connectivity index (χ1v) is 10.9. The van der Waals surface area contributed by atoms with Crippen molar-refractivity contribution in [3.8, 4) is 5.75 Å². The van der Waals surface area contributed by atoms with Crippen LogP contribution < -0.4 is 15.2 Å². The van der Waals surface area contributed by atoms with Crippen LogP contribution in [0.2, 0.25) is 0 Å². The van der Waals surface area contributed by atoms with Gasteiger partial charge in [-0.1, -0.05) is 48.5 Å². The number of nitrogens with one attached hydrogen (secondary N) is 1. The fraction of sp³-hybridized carbons (Fsp3) is 0.227. The van der Waals surface area contributed by atoms with E-state index in [9.17, 15) is 13.2 Å². The van der Waals surface area contributed by atoms with E-state index in [1.165, 1.54) is 0 Å². The number of fused-ring (bicyclic) bond motifs is 1. The Balaban J connectivity index is 1.63. The van der Waals surface area contributed by atoms with Crippen molar-refractivity contribution in [3.63, 3.8) is 0 Å². The fourth-order valence-corrected chi connectivity index (χ4v) is 3.77. The molecule has 0 fully saturated rings. The van der Waals surface area contributed by atoms with Gasteiger partial charge in [0.1, 0.15) is 5.75 Å². The van der Waals surface area contributed by atoms with Gasteiger partial charge in [-0.15, -0.1) is 0 Å². The maximum atomic E-state index is 12.6. The quantitative estimate of drug-likeness (QED) is 0.623. The molecule has 1 amide bonds. The van der Waals surface area contributed by atoms with Gasteiger partial charge in [-0.25, -0.2) is 13.6 Å². The first kappa shape index (κ1) is 20.8. The SMILES string of the molecule is COc1ccc2cc(C(C)C(=O)NCc3ccc(CS(N)(=O)=O)cc3)ccc2c1. The van der Waals surface area contributed by atoms with Crippen LogP contribution in [0.25, 0.3) is 10.8 Å². The third kappa shape index (κ3) is 5.56. The molecule has 0 saturated heterocycles. The Labute approximate surface area is 170 Å². The lowest BCUT2D eigenvalue weighted by Crippen LogP contribution is -2.27. The molecule has 3 aromatic rings. The number of carbonyl (C=O) groups excluding carboxylic acids is 1. The number of sulfonamides is 1. The van der Waals surface area contributed by atoms with Crippen molar-refractivity contribution in [3.05, 3.63) is 77.4 Å². The van der Waals surface area contributed by atoms with Gasteiger partial charge in [0.15, 0.2) is 0 Å². The smallest absolute Gasteiger partial charge is 0.227 e. The van der Waals surface area contributed by atoms with Gasteiger partial charge in [0, 0.05) is 6.54 Å². The second-order valence-electron chi connectivity index (χ2n) is 7.04. The first-order chi connectivity index (χ1) is 13.7. The number of benzene rings is 3. The zero-order valence-corrected chi connectivity index (χ0v) is 17.2. The summed E-state index contributed by atoms with van der Waals surface area (Å²) in [5.41, 5.74) is 2.43. The van der Waals surface area contributed by atoms with Gasteiger partial charge in [0.05, 0.1) is 18.8 Å². The minimum atomic E-state index is -3.55. The summed E-state index contributed by atoms with van der Waals surface area (Å²) in [6.45, 7) is 2.23. The molecule has 0 radical (unpaired) electrons. The van der Waals surface area contributed by atoms with Crippen molar-refractivity contribution in [1.29, 1.82) is 0 Å². The normalized spacial score (nSPS) is 12.5. The highest BCUT2D eigenvalue weighted by Gasteiger charge is 2.15. The summed E-state index contributed by atoms with van der Waals surface area (Å²) >= 11 is 0. The Morgan fingerprint density at radius 3 is 2.28 bits per heavy atom. The van der Waals surface area contributed by atoms with Crippen LogP contribution in [0, 0.1) is 0 Å². The molecule has 0 aliphatic heterocycles.